The molecule has 2 atom stereocenters. The number of hydroxylamine groups is 1. The number of amides is 2. The van der Waals surface area contributed by atoms with Gasteiger partial charge in [0, 0.05) is 6.42 Å². The normalized spacial score (nSPS) is 13.2. The molecule has 4 aromatic carbocycles. The van der Waals surface area contributed by atoms with E-state index >= 15 is 0 Å². The van der Waals surface area contributed by atoms with Crippen LogP contribution in [-0.4, -0.2) is 28.1 Å². The van der Waals surface area contributed by atoms with Gasteiger partial charge >= 0.3 is 13.7 Å². The standard InChI is InChI=1S/C36H41N2O7P/c1-3-36(4-2,25-29-20-22-32(23-21-29)43-26-30-16-10-6-11-17-30)46(41,42)45-38-34(39)33(24-28-14-8-5-9-15-28)37-35(40)44-27-31-18-12-7-13-19-31/h5-23,33H,3-4,24-27H2,1-2H3,(H,37,40)(H,38,39)(H,41,42)/t33-/m0/s1. The van der Waals surface area contributed by atoms with Crippen molar-refractivity contribution in [3.63, 3.8) is 0 Å². The van der Waals surface area contributed by atoms with Crippen molar-refractivity contribution in [3.05, 3.63) is 138 Å². The van der Waals surface area contributed by atoms with E-state index in [1.54, 1.807) is 0 Å². The second-order valence-corrected chi connectivity index (χ2v) is 13.2. The Bertz CT molecular complexity index is 1560. The second kappa shape index (κ2) is 16.8. The first-order valence-electron chi connectivity index (χ1n) is 15.3. The van der Waals surface area contributed by atoms with Crippen molar-refractivity contribution in [2.75, 3.05) is 0 Å². The van der Waals surface area contributed by atoms with Crippen LogP contribution in [-0.2, 0) is 44.8 Å². The van der Waals surface area contributed by atoms with Gasteiger partial charge in [0.25, 0.3) is 5.91 Å². The van der Waals surface area contributed by atoms with Crippen LogP contribution in [0.3, 0.4) is 0 Å². The third-order valence-corrected chi connectivity index (χ3v) is 10.3. The predicted molar refractivity (Wildman–Crippen MR) is 177 cm³/mol. The number of nitrogens with one attached hydrogen (secondary N) is 2. The quantitative estimate of drug-likeness (QED) is 0.0875. The van der Waals surface area contributed by atoms with E-state index < -0.39 is 30.8 Å². The van der Waals surface area contributed by atoms with Crippen LogP contribution in [0.25, 0.3) is 0 Å². The fraction of sp³-hybridized carbons (Fsp3) is 0.278. The maximum Gasteiger partial charge on any atom is 0.408 e. The molecule has 0 saturated carbocycles. The minimum atomic E-state index is -4.43. The Hall–Kier alpha value is -4.43. The first-order chi connectivity index (χ1) is 22.2. The highest BCUT2D eigenvalue weighted by atomic mass is 31.2. The van der Waals surface area contributed by atoms with Gasteiger partial charge in [-0.15, -0.1) is 0 Å². The molecular weight excluding hydrogens is 603 g/mol. The van der Waals surface area contributed by atoms with Crippen LogP contribution in [0.2, 0.25) is 0 Å². The fourth-order valence-corrected chi connectivity index (χ4v) is 6.65. The molecule has 0 aliphatic rings. The maximum absolute atomic E-state index is 13.8. The molecular formula is C36H41N2O7P. The van der Waals surface area contributed by atoms with Crippen LogP contribution in [0.15, 0.2) is 115 Å². The Morgan fingerprint density at radius 3 is 1.80 bits per heavy atom. The van der Waals surface area contributed by atoms with Crippen LogP contribution in [0.5, 0.6) is 5.75 Å². The number of ether oxygens (including phenoxy) is 2. The van der Waals surface area contributed by atoms with Gasteiger partial charge in [-0.3, -0.25) is 9.36 Å². The molecule has 0 radical (unpaired) electrons. The van der Waals surface area contributed by atoms with Crippen molar-refractivity contribution in [2.45, 2.75) is 63.9 Å². The van der Waals surface area contributed by atoms with Gasteiger partial charge in [0.05, 0.1) is 5.16 Å². The highest BCUT2D eigenvalue weighted by molar-refractivity contribution is 7.54. The minimum absolute atomic E-state index is 0.0182. The molecule has 2 amide bonds. The van der Waals surface area contributed by atoms with Gasteiger partial charge in [-0.25, -0.2) is 10.3 Å². The highest BCUT2D eigenvalue weighted by Crippen LogP contribution is 2.59. The van der Waals surface area contributed by atoms with E-state index in [-0.39, 0.29) is 19.4 Å². The van der Waals surface area contributed by atoms with Crippen molar-refractivity contribution in [2.24, 2.45) is 0 Å². The first-order valence-corrected chi connectivity index (χ1v) is 16.9. The van der Waals surface area contributed by atoms with E-state index in [1.807, 2.05) is 129 Å². The van der Waals surface area contributed by atoms with Gasteiger partial charge in [0.1, 0.15) is 25.0 Å². The summed E-state index contributed by atoms with van der Waals surface area (Å²) in [7, 11) is -4.43. The van der Waals surface area contributed by atoms with Gasteiger partial charge < -0.3 is 19.7 Å². The van der Waals surface area contributed by atoms with E-state index in [1.165, 1.54) is 0 Å². The molecule has 10 heteroatoms. The summed E-state index contributed by atoms with van der Waals surface area (Å²) in [5, 5.41) is 1.39. The smallest absolute Gasteiger partial charge is 0.408 e. The Labute approximate surface area is 270 Å². The van der Waals surface area contributed by atoms with Crippen molar-refractivity contribution >= 4 is 19.6 Å². The van der Waals surface area contributed by atoms with Crippen LogP contribution >= 0.6 is 7.60 Å². The van der Waals surface area contributed by atoms with Gasteiger partial charge in [0.2, 0.25) is 0 Å². The molecule has 0 aromatic heterocycles. The van der Waals surface area contributed by atoms with E-state index in [4.69, 9.17) is 14.1 Å². The molecule has 0 heterocycles. The molecule has 242 valence electrons. The molecule has 4 aromatic rings. The van der Waals surface area contributed by atoms with Crippen LogP contribution in [0.1, 0.15) is 48.9 Å². The van der Waals surface area contributed by atoms with Crippen molar-refractivity contribution in [1.29, 1.82) is 0 Å². The van der Waals surface area contributed by atoms with E-state index in [2.05, 4.69) is 10.8 Å². The summed E-state index contributed by atoms with van der Waals surface area (Å²) < 4.78 is 30.3. The summed E-state index contributed by atoms with van der Waals surface area (Å²) in [6.45, 7) is 4.08. The largest absolute Gasteiger partial charge is 0.489 e. The molecule has 46 heavy (non-hydrogen) atoms. The summed E-state index contributed by atoms with van der Waals surface area (Å²) in [5.41, 5.74) is 5.61. The van der Waals surface area contributed by atoms with Gasteiger partial charge in [-0.05, 0) is 53.6 Å². The average molecular weight is 645 g/mol. The number of alkyl carbamates (subject to hydrolysis) is 1. The molecule has 0 fully saturated rings. The molecule has 4 rings (SSSR count). The Morgan fingerprint density at radius 2 is 1.26 bits per heavy atom. The van der Waals surface area contributed by atoms with Crippen molar-refractivity contribution in [1.82, 2.24) is 10.8 Å². The van der Waals surface area contributed by atoms with Crippen LogP contribution < -0.4 is 15.5 Å². The number of hydrogen-bond acceptors (Lipinski definition) is 6. The SMILES string of the molecule is CCC(CC)(Cc1ccc(OCc2ccccc2)cc1)P(=O)(O)ONC(=O)[C@H](Cc1ccccc1)NC(=O)OCc1ccccc1. The van der Waals surface area contributed by atoms with E-state index in [0.717, 1.165) is 22.3 Å². The third kappa shape index (κ3) is 9.78. The van der Waals surface area contributed by atoms with Gasteiger partial charge in [-0.1, -0.05) is 117 Å². The summed E-state index contributed by atoms with van der Waals surface area (Å²) in [6.07, 6.45) is 0.172. The van der Waals surface area contributed by atoms with Crippen molar-refractivity contribution in [3.8, 4) is 5.75 Å². The zero-order valence-electron chi connectivity index (χ0n) is 26.1. The number of rotatable bonds is 16. The zero-order chi connectivity index (χ0) is 32.8. The first kappa shape index (κ1) is 34.4. The minimum Gasteiger partial charge on any atom is -0.489 e. The number of carbonyl (C=O) groups is 2. The summed E-state index contributed by atoms with van der Waals surface area (Å²) in [5.74, 6) is -0.100. The topological polar surface area (TPSA) is 123 Å². The number of carbonyl (C=O) groups excluding carboxylic acids is 2. The molecule has 1 unspecified atom stereocenters. The summed E-state index contributed by atoms with van der Waals surface area (Å²) >= 11 is 0. The highest BCUT2D eigenvalue weighted by Gasteiger charge is 2.47. The number of benzene rings is 4. The molecule has 0 aliphatic carbocycles. The molecule has 0 aliphatic heterocycles. The summed E-state index contributed by atoms with van der Waals surface area (Å²) in [6, 6.07) is 34.3. The van der Waals surface area contributed by atoms with Gasteiger partial charge in [-0.2, -0.15) is 4.62 Å². The average Bonchev–Trinajstić information content (AvgIpc) is 3.09. The van der Waals surface area contributed by atoms with Crippen molar-refractivity contribution < 1.29 is 33.1 Å². The summed E-state index contributed by atoms with van der Waals surface area (Å²) in [4.78, 5) is 37.2. The lowest BCUT2D eigenvalue weighted by Crippen LogP contribution is -2.48. The molecule has 0 saturated heterocycles. The molecule has 0 spiro atoms. The molecule has 9 nitrogen and oxygen atoms in total. The van der Waals surface area contributed by atoms with Crippen LogP contribution in [0, 0.1) is 0 Å². The van der Waals surface area contributed by atoms with E-state index in [9.17, 15) is 19.0 Å². The number of hydrogen-bond donors (Lipinski definition) is 3. The lowest BCUT2D eigenvalue weighted by Gasteiger charge is -2.35. The Morgan fingerprint density at radius 1 is 0.739 bits per heavy atom. The third-order valence-electron chi connectivity index (χ3n) is 7.99. The maximum atomic E-state index is 13.8. The monoisotopic (exact) mass is 644 g/mol. The predicted octanol–water partition coefficient (Wildman–Crippen LogP) is 7.14. The molecule has 0 bridgehead atoms. The van der Waals surface area contributed by atoms with Gasteiger partial charge in [0.15, 0.2) is 0 Å². The molecule has 3 N–H and O–H groups in total. The Kier molecular flexibility index (Phi) is 12.5. The van der Waals surface area contributed by atoms with E-state index in [0.29, 0.717) is 25.2 Å². The fourth-order valence-electron chi connectivity index (χ4n) is 5.06. The zero-order valence-corrected chi connectivity index (χ0v) is 27.0. The van der Waals surface area contributed by atoms with Crippen LogP contribution in [0.4, 0.5) is 4.79 Å². The lowest BCUT2D eigenvalue weighted by molar-refractivity contribution is -0.130. The lowest BCUT2D eigenvalue weighted by atomic mass is 9.93. The Balaban J connectivity index is 1.40. The second-order valence-electron chi connectivity index (χ2n) is 11.1.